The van der Waals surface area contributed by atoms with Crippen LogP contribution in [0.2, 0.25) is 0 Å². The van der Waals surface area contributed by atoms with Crippen LogP contribution >= 0.6 is 15.9 Å². The monoisotopic (exact) mass is 332 g/mol. The maximum atomic E-state index is 4.21. The molecule has 0 radical (unpaired) electrons. The van der Waals surface area contributed by atoms with Crippen molar-refractivity contribution in [2.45, 2.75) is 19.3 Å². The van der Waals surface area contributed by atoms with Gasteiger partial charge in [0.25, 0.3) is 0 Å². The number of halogens is 1. The van der Waals surface area contributed by atoms with Crippen molar-refractivity contribution < 1.29 is 0 Å². The SMILES string of the molecule is Brc1cncnc1Nc1ccc(N2CCCCC2)cc1. The van der Waals surface area contributed by atoms with Gasteiger partial charge in [-0.25, -0.2) is 9.97 Å². The van der Waals surface area contributed by atoms with Gasteiger partial charge in [0.2, 0.25) is 0 Å². The van der Waals surface area contributed by atoms with Crippen LogP contribution in [0, 0.1) is 0 Å². The van der Waals surface area contributed by atoms with E-state index in [2.05, 4.69) is 60.4 Å². The Labute approximate surface area is 127 Å². The van der Waals surface area contributed by atoms with Crippen molar-refractivity contribution in [3.05, 3.63) is 41.3 Å². The van der Waals surface area contributed by atoms with E-state index in [0.29, 0.717) is 0 Å². The number of hydrogen-bond donors (Lipinski definition) is 1. The molecule has 0 saturated carbocycles. The molecule has 1 aromatic carbocycles. The molecule has 0 unspecified atom stereocenters. The Morgan fingerprint density at radius 3 is 2.50 bits per heavy atom. The third-order valence-electron chi connectivity index (χ3n) is 3.52. The zero-order valence-corrected chi connectivity index (χ0v) is 12.8. The highest BCUT2D eigenvalue weighted by Crippen LogP contribution is 2.25. The average molecular weight is 333 g/mol. The summed E-state index contributed by atoms with van der Waals surface area (Å²) >= 11 is 3.44. The third-order valence-corrected chi connectivity index (χ3v) is 4.10. The van der Waals surface area contributed by atoms with Crippen LogP contribution in [-0.2, 0) is 0 Å². The van der Waals surface area contributed by atoms with Crippen molar-refractivity contribution in [1.82, 2.24) is 9.97 Å². The zero-order chi connectivity index (χ0) is 13.8. The van der Waals surface area contributed by atoms with Crippen molar-refractivity contribution in [2.24, 2.45) is 0 Å². The van der Waals surface area contributed by atoms with Crippen LogP contribution in [0.1, 0.15) is 19.3 Å². The van der Waals surface area contributed by atoms with E-state index in [9.17, 15) is 0 Å². The maximum Gasteiger partial charge on any atom is 0.148 e. The highest BCUT2D eigenvalue weighted by molar-refractivity contribution is 9.10. The number of aromatic nitrogens is 2. The van der Waals surface area contributed by atoms with Gasteiger partial charge in [-0.3, -0.25) is 0 Å². The number of piperidine rings is 1. The highest BCUT2D eigenvalue weighted by atomic mass is 79.9. The van der Waals surface area contributed by atoms with Gasteiger partial charge in [0.1, 0.15) is 12.1 Å². The van der Waals surface area contributed by atoms with Crippen LogP contribution in [0.4, 0.5) is 17.2 Å². The lowest BCUT2D eigenvalue weighted by atomic mass is 10.1. The molecule has 0 bridgehead atoms. The lowest BCUT2D eigenvalue weighted by Crippen LogP contribution is -2.29. The highest BCUT2D eigenvalue weighted by Gasteiger charge is 2.10. The number of nitrogens with zero attached hydrogens (tertiary/aromatic N) is 3. The summed E-state index contributed by atoms with van der Waals surface area (Å²) < 4.78 is 0.861. The number of anilines is 3. The molecule has 1 aromatic heterocycles. The van der Waals surface area contributed by atoms with Gasteiger partial charge < -0.3 is 10.2 Å². The standard InChI is InChI=1S/C15H17BrN4/c16-14-10-17-11-18-15(14)19-12-4-6-13(7-5-12)20-8-2-1-3-9-20/h4-7,10-11H,1-3,8-9H2,(H,17,18,19). The second-order valence-electron chi connectivity index (χ2n) is 4.94. The van der Waals surface area contributed by atoms with Crippen LogP contribution in [0.15, 0.2) is 41.3 Å². The van der Waals surface area contributed by atoms with Gasteiger partial charge in [-0.15, -0.1) is 0 Å². The van der Waals surface area contributed by atoms with Crippen molar-refractivity contribution >= 4 is 33.1 Å². The van der Waals surface area contributed by atoms with Crippen LogP contribution in [0.25, 0.3) is 0 Å². The molecule has 5 heteroatoms. The van der Waals surface area contributed by atoms with E-state index in [0.717, 1.165) is 16.0 Å². The Morgan fingerprint density at radius 1 is 1.05 bits per heavy atom. The van der Waals surface area contributed by atoms with E-state index < -0.39 is 0 Å². The van der Waals surface area contributed by atoms with E-state index in [1.54, 1.807) is 6.20 Å². The summed E-state index contributed by atoms with van der Waals surface area (Å²) in [6.07, 6.45) is 7.23. The van der Waals surface area contributed by atoms with Crippen molar-refractivity contribution in [3.8, 4) is 0 Å². The molecule has 0 atom stereocenters. The van der Waals surface area contributed by atoms with E-state index >= 15 is 0 Å². The Hall–Kier alpha value is -1.62. The zero-order valence-electron chi connectivity index (χ0n) is 11.2. The number of benzene rings is 1. The lowest BCUT2D eigenvalue weighted by molar-refractivity contribution is 0.578. The summed E-state index contributed by atoms with van der Waals surface area (Å²) in [5, 5.41) is 3.29. The predicted octanol–water partition coefficient (Wildman–Crippen LogP) is 3.97. The molecule has 1 fully saturated rings. The summed E-state index contributed by atoms with van der Waals surface area (Å²) in [6.45, 7) is 2.34. The second kappa shape index (κ2) is 6.22. The van der Waals surface area contributed by atoms with Crippen molar-refractivity contribution in [3.63, 3.8) is 0 Å². The smallest absolute Gasteiger partial charge is 0.148 e. The van der Waals surface area contributed by atoms with Gasteiger partial charge in [-0.1, -0.05) is 0 Å². The Morgan fingerprint density at radius 2 is 1.80 bits per heavy atom. The molecule has 4 nitrogen and oxygen atoms in total. The molecule has 2 heterocycles. The first-order valence-electron chi connectivity index (χ1n) is 6.90. The van der Waals surface area contributed by atoms with Crippen LogP contribution < -0.4 is 10.2 Å². The molecule has 0 amide bonds. The third kappa shape index (κ3) is 3.10. The Balaban J connectivity index is 1.71. The minimum absolute atomic E-state index is 0.783. The van der Waals surface area contributed by atoms with Gasteiger partial charge in [0.15, 0.2) is 0 Å². The molecule has 104 valence electrons. The van der Waals surface area contributed by atoms with Gasteiger partial charge in [-0.2, -0.15) is 0 Å². The summed E-state index contributed by atoms with van der Waals surface area (Å²) in [7, 11) is 0. The summed E-state index contributed by atoms with van der Waals surface area (Å²) in [6, 6.07) is 8.53. The fraction of sp³-hybridized carbons (Fsp3) is 0.333. The lowest BCUT2D eigenvalue weighted by Gasteiger charge is -2.28. The van der Waals surface area contributed by atoms with Gasteiger partial charge >= 0.3 is 0 Å². The first kappa shape index (κ1) is 13.4. The molecule has 2 aromatic rings. The minimum atomic E-state index is 0.783. The molecule has 1 saturated heterocycles. The molecule has 1 aliphatic rings. The Kier molecular flexibility index (Phi) is 4.16. The van der Waals surface area contributed by atoms with Crippen LogP contribution in [0.5, 0.6) is 0 Å². The average Bonchev–Trinajstić information content (AvgIpc) is 2.51. The molecule has 1 N–H and O–H groups in total. The van der Waals surface area contributed by atoms with Gasteiger partial charge in [0, 0.05) is 30.7 Å². The number of rotatable bonds is 3. The largest absolute Gasteiger partial charge is 0.372 e. The minimum Gasteiger partial charge on any atom is -0.372 e. The number of nitrogens with one attached hydrogen (secondary N) is 1. The topological polar surface area (TPSA) is 41.1 Å². The predicted molar refractivity (Wildman–Crippen MR) is 85.5 cm³/mol. The van der Waals surface area contributed by atoms with E-state index in [4.69, 9.17) is 0 Å². The normalized spacial score (nSPS) is 15.2. The van der Waals surface area contributed by atoms with Gasteiger partial charge in [0.05, 0.1) is 4.47 Å². The quantitative estimate of drug-likeness (QED) is 0.923. The number of hydrogen-bond acceptors (Lipinski definition) is 4. The molecule has 0 spiro atoms. The second-order valence-corrected chi connectivity index (χ2v) is 5.79. The molecule has 3 rings (SSSR count). The first-order valence-corrected chi connectivity index (χ1v) is 7.70. The van der Waals surface area contributed by atoms with Crippen LogP contribution in [0.3, 0.4) is 0 Å². The summed E-state index contributed by atoms with van der Waals surface area (Å²) in [4.78, 5) is 10.6. The van der Waals surface area contributed by atoms with Crippen LogP contribution in [-0.4, -0.2) is 23.1 Å². The van der Waals surface area contributed by atoms with E-state index in [-0.39, 0.29) is 0 Å². The fourth-order valence-corrected chi connectivity index (χ4v) is 2.77. The van der Waals surface area contributed by atoms with Crippen molar-refractivity contribution in [2.75, 3.05) is 23.3 Å². The van der Waals surface area contributed by atoms with E-state index in [1.165, 1.54) is 44.4 Å². The molecular formula is C15H17BrN4. The molecule has 0 aliphatic carbocycles. The summed E-state index contributed by atoms with van der Waals surface area (Å²) in [5.41, 5.74) is 2.34. The molecule has 20 heavy (non-hydrogen) atoms. The van der Waals surface area contributed by atoms with Crippen molar-refractivity contribution in [1.29, 1.82) is 0 Å². The molecular weight excluding hydrogens is 316 g/mol. The summed E-state index contributed by atoms with van der Waals surface area (Å²) in [5.74, 6) is 0.783. The Bertz CT molecular complexity index is 564. The maximum absolute atomic E-state index is 4.21. The fourth-order valence-electron chi connectivity index (χ4n) is 2.45. The van der Waals surface area contributed by atoms with E-state index in [1.807, 2.05) is 0 Å². The van der Waals surface area contributed by atoms with Gasteiger partial charge in [-0.05, 0) is 59.5 Å². The first-order chi connectivity index (χ1) is 9.83. The molecule has 1 aliphatic heterocycles.